The minimum atomic E-state index is -4.02. The van der Waals surface area contributed by atoms with E-state index in [0.29, 0.717) is 12.8 Å². The van der Waals surface area contributed by atoms with Crippen molar-refractivity contribution in [2.24, 2.45) is 0 Å². The monoisotopic (exact) mass is 450 g/mol. The van der Waals surface area contributed by atoms with Gasteiger partial charge in [0, 0.05) is 0 Å². The highest BCUT2D eigenvalue weighted by molar-refractivity contribution is 7.90. The number of nitrogens with zero attached hydrogens (tertiary/aromatic N) is 1. The first-order valence-electron chi connectivity index (χ1n) is 9.56. The number of benzene rings is 1. The van der Waals surface area contributed by atoms with E-state index in [1.165, 1.54) is 12.1 Å². The van der Waals surface area contributed by atoms with Crippen LogP contribution in [-0.4, -0.2) is 59.9 Å². The van der Waals surface area contributed by atoms with Gasteiger partial charge in [0.05, 0.1) is 17.8 Å². The third kappa shape index (κ3) is 4.83. The van der Waals surface area contributed by atoms with Crippen molar-refractivity contribution >= 4 is 16.1 Å². The van der Waals surface area contributed by atoms with Crippen LogP contribution in [0.4, 0.5) is 18.0 Å². The number of aromatic hydroxyl groups is 1. The van der Waals surface area contributed by atoms with Crippen LogP contribution in [-0.2, 0) is 21.2 Å². The van der Waals surface area contributed by atoms with E-state index in [1.54, 1.807) is 20.8 Å². The zero-order chi connectivity index (χ0) is 22.5. The highest BCUT2D eigenvalue weighted by Gasteiger charge is 2.58. The Morgan fingerprint density at radius 2 is 1.97 bits per heavy atom. The van der Waals surface area contributed by atoms with E-state index in [4.69, 9.17) is 4.74 Å². The molecule has 0 unspecified atom stereocenters. The molecule has 1 aromatic carbocycles. The van der Waals surface area contributed by atoms with Crippen LogP contribution in [0.3, 0.4) is 0 Å². The molecule has 3 rings (SSSR count). The first kappa shape index (κ1) is 22.7. The molecule has 1 aromatic rings. The number of carbonyl (C=O) groups excluding carboxylic acids is 1. The molecule has 0 spiro atoms. The van der Waals surface area contributed by atoms with Crippen LogP contribution in [0.25, 0.3) is 0 Å². The molecule has 7 nitrogen and oxygen atoms in total. The fraction of sp³-hybridized carbons (Fsp3) is 0.632. The molecule has 2 aliphatic rings. The van der Waals surface area contributed by atoms with Gasteiger partial charge in [0.1, 0.15) is 11.6 Å². The van der Waals surface area contributed by atoms with Crippen LogP contribution < -0.4 is 4.72 Å². The molecule has 1 amide bonds. The third-order valence-corrected chi connectivity index (χ3v) is 6.92. The highest BCUT2D eigenvalue weighted by atomic mass is 32.2. The highest BCUT2D eigenvalue weighted by Crippen LogP contribution is 2.38. The molecule has 11 heteroatoms. The van der Waals surface area contributed by atoms with Gasteiger partial charge in [-0.15, -0.1) is 0 Å². The summed E-state index contributed by atoms with van der Waals surface area (Å²) in [5.41, 5.74) is -1.10. The van der Waals surface area contributed by atoms with Crippen molar-refractivity contribution in [3.63, 3.8) is 0 Å². The van der Waals surface area contributed by atoms with Gasteiger partial charge in [-0.1, -0.05) is 12.1 Å². The van der Waals surface area contributed by atoms with E-state index < -0.39 is 69.5 Å². The topological polar surface area (TPSA) is 95.9 Å². The van der Waals surface area contributed by atoms with Crippen molar-refractivity contribution in [3.8, 4) is 5.75 Å². The number of ether oxygens (including phenoxy) is 1. The number of likely N-dealkylation sites (tertiary alicyclic amines) is 1. The van der Waals surface area contributed by atoms with Crippen LogP contribution >= 0.6 is 0 Å². The molecular formula is C19H25F3N2O5S. The number of halogens is 3. The molecule has 1 saturated carbocycles. The van der Waals surface area contributed by atoms with Crippen LogP contribution in [0.1, 0.15) is 39.2 Å². The average Bonchev–Trinajstić information content (AvgIpc) is 3.41. The number of carbonyl (C=O) groups is 1. The summed E-state index contributed by atoms with van der Waals surface area (Å²) in [5.74, 6) is -5.28. The average molecular weight is 450 g/mol. The SMILES string of the molecule is CC(C)(C)OC(=O)N1CC(F)(F)[C@H](NS(=O)(=O)C2CC2)[C@@H]1Cc1cccc(O)c1F. The number of phenolic OH excluding ortho intramolecular Hbond substituents is 1. The Kier molecular flexibility index (Phi) is 5.74. The molecule has 2 atom stereocenters. The summed E-state index contributed by atoms with van der Waals surface area (Å²) in [6.07, 6.45) is -0.752. The van der Waals surface area contributed by atoms with Crippen molar-refractivity contribution in [1.82, 2.24) is 9.62 Å². The Labute approximate surface area is 173 Å². The Hall–Kier alpha value is -2.01. The first-order chi connectivity index (χ1) is 13.7. The maximum atomic E-state index is 14.9. The summed E-state index contributed by atoms with van der Waals surface area (Å²) in [6.45, 7) is 3.62. The second kappa shape index (κ2) is 7.60. The quantitative estimate of drug-likeness (QED) is 0.719. The van der Waals surface area contributed by atoms with Gasteiger partial charge >= 0.3 is 6.09 Å². The number of sulfonamides is 1. The predicted molar refractivity (Wildman–Crippen MR) is 102 cm³/mol. The van der Waals surface area contributed by atoms with E-state index >= 15 is 0 Å². The Morgan fingerprint density at radius 1 is 1.33 bits per heavy atom. The van der Waals surface area contributed by atoms with E-state index in [-0.39, 0.29) is 5.56 Å². The number of hydrogen-bond acceptors (Lipinski definition) is 5. The van der Waals surface area contributed by atoms with E-state index in [2.05, 4.69) is 0 Å². The molecule has 0 radical (unpaired) electrons. The second-order valence-electron chi connectivity index (χ2n) is 8.73. The van der Waals surface area contributed by atoms with Gasteiger partial charge in [-0.2, -0.15) is 0 Å². The largest absolute Gasteiger partial charge is 0.505 e. The lowest BCUT2D eigenvalue weighted by molar-refractivity contribution is -0.0123. The standard InChI is InChI=1S/C19H25F3N2O5S/c1-18(2,3)29-17(26)24-10-19(21,22)16(23-30(27,28)12-7-8-12)13(24)9-11-5-4-6-14(25)15(11)20/h4-6,12-13,16,23,25H,7-10H2,1-3H3/t13-,16+/m0/s1. The molecule has 1 aliphatic heterocycles. The summed E-state index contributed by atoms with van der Waals surface area (Å²) in [7, 11) is -4.02. The van der Waals surface area contributed by atoms with Crippen molar-refractivity contribution in [2.45, 2.75) is 68.9 Å². The van der Waals surface area contributed by atoms with Gasteiger partial charge in [-0.05, 0) is 51.7 Å². The summed E-state index contributed by atoms with van der Waals surface area (Å²) in [5, 5.41) is 8.85. The molecule has 1 saturated heterocycles. The third-order valence-electron chi connectivity index (χ3n) is 4.99. The Morgan fingerprint density at radius 3 is 2.53 bits per heavy atom. The minimum absolute atomic E-state index is 0.123. The number of hydrogen-bond donors (Lipinski definition) is 2. The molecule has 30 heavy (non-hydrogen) atoms. The first-order valence-corrected chi connectivity index (χ1v) is 11.1. The van der Waals surface area contributed by atoms with E-state index in [9.17, 15) is 31.5 Å². The number of phenols is 1. The van der Waals surface area contributed by atoms with Crippen molar-refractivity contribution in [3.05, 3.63) is 29.6 Å². The fourth-order valence-corrected chi connectivity index (χ4v) is 5.05. The fourth-order valence-electron chi connectivity index (χ4n) is 3.42. The van der Waals surface area contributed by atoms with Gasteiger partial charge in [-0.3, -0.25) is 4.90 Å². The lowest BCUT2D eigenvalue weighted by Gasteiger charge is -2.30. The minimum Gasteiger partial charge on any atom is -0.505 e. The Bertz CT molecular complexity index is 929. The summed E-state index contributed by atoms with van der Waals surface area (Å²) < 4.78 is 76.1. The Balaban J connectivity index is 1.97. The maximum absolute atomic E-state index is 14.9. The van der Waals surface area contributed by atoms with Crippen LogP contribution in [0.5, 0.6) is 5.75 Å². The van der Waals surface area contributed by atoms with E-state index in [1.807, 2.05) is 4.72 Å². The summed E-state index contributed by atoms with van der Waals surface area (Å²) >= 11 is 0. The zero-order valence-electron chi connectivity index (χ0n) is 16.9. The number of rotatable bonds is 5. The van der Waals surface area contributed by atoms with Gasteiger partial charge < -0.3 is 9.84 Å². The van der Waals surface area contributed by atoms with Crippen molar-refractivity contribution in [2.75, 3.05) is 6.54 Å². The van der Waals surface area contributed by atoms with Crippen molar-refractivity contribution in [1.29, 1.82) is 0 Å². The normalized spacial score (nSPS) is 24.1. The van der Waals surface area contributed by atoms with Gasteiger partial charge in [0.2, 0.25) is 10.0 Å². The molecule has 1 aliphatic carbocycles. The van der Waals surface area contributed by atoms with Crippen LogP contribution in [0, 0.1) is 5.82 Å². The number of amides is 1. The predicted octanol–water partition coefficient (Wildman–Crippen LogP) is 2.78. The lowest BCUT2D eigenvalue weighted by atomic mass is 9.98. The van der Waals surface area contributed by atoms with Gasteiger partial charge in [0.15, 0.2) is 11.6 Å². The molecule has 0 aromatic heterocycles. The zero-order valence-corrected chi connectivity index (χ0v) is 17.7. The number of nitrogens with one attached hydrogen (secondary N) is 1. The second-order valence-corrected chi connectivity index (χ2v) is 10.7. The molecular weight excluding hydrogens is 425 g/mol. The maximum Gasteiger partial charge on any atom is 0.410 e. The molecule has 2 N–H and O–H groups in total. The lowest BCUT2D eigenvalue weighted by Crippen LogP contribution is -2.53. The van der Waals surface area contributed by atoms with Gasteiger partial charge in [-0.25, -0.2) is 31.1 Å². The molecule has 168 valence electrons. The van der Waals surface area contributed by atoms with Crippen LogP contribution in [0.2, 0.25) is 0 Å². The van der Waals surface area contributed by atoms with Crippen molar-refractivity contribution < 1.29 is 36.2 Å². The molecule has 0 bridgehead atoms. The van der Waals surface area contributed by atoms with Gasteiger partial charge in [0.25, 0.3) is 5.92 Å². The smallest absolute Gasteiger partial charge is 0.410 e. The van der Waals surface area contributed by atoms with Crippen LogP contribution in [0.15, 0.2) is 18.2 Å². The molecule has 2 fully saturated rings. The van der Waals surface area contributed by atoms with E-state index in [0.717, 1.165) is 11.0 Å². The molecule has 1 heterocycles. The number of alkyl halides is 2. The summed E-state index contributed by atoms with van der Waals surface area (Å²) in [4.78, 5) is 13.3. The summed E-state index contributed by atoms with van der Waals surface area (Å²) in [6, 6.07) is 0.339.